The number of likely N-dealkylation sites (tertiary alicyclic amines) is 1. The van der Waals surface area contributed by atoms with Crippen molar-refractivity contribution in [1.29, 1.82) is 0 Å². The van der Waals surface area contributed by atoms with Gasteiger partial charge in [-0.1, -0.05) is 0 Å². The van der Waals surface area contributed by atoms with Gasteiger partial charge < -0.3 is 14.7 Å². The van der Waals surface area contributed by atoms with Gasteiger partial charge in [-0.05, 0) is 45.6 Å². The van der Waals surface area contributed by atoms with E-state index < -0.39 is 0 Å². The van der Waals surface area contributed by atoms with Crippen molar-refractivity contribution in [3.63, 3.8) is 0 Å². The summed E-state index contributed by atoms with van der Waals surface area (Å²) in [6.45, 7) is 4.60. The van der Waals surface area contributed by atoms with E-state index in [0.29, 0.717) is 25.2 Å². The number of hydrogen-bond donors (Lipinski definition) is 1. The highest BCUT2D eigenvalue weighted by Gasteiger charge is 2.52. The Morgan fingerprint density at radius 1 is 1.44 bits per heavy atom. The van der Waals surface area contributed by atoms with Gasteiger partial charge in [0.25, 0.3) is 0 Å². The lowest BCUT2D eigenvalue weighted by molar-refractivity contribution is -0.140. The van der Waals surface area contributed by atoms with Crippen LogP contribution in [0.2, 0.25) is 0 Å². The lowest BCUT2D eigenvalue weighted by atomic mass is 9.79. The molecule has 1 saturated heterocycles. The van der Waals surface area contributed by atoms with E-state index in [1.165, 1.54) is 0 Å². The zero-order valence-corrected chi connectivity index (χ0v) is 15.2. The van der Waals surface area contributed by atoms with Crippen LogP contribution in [-0.4, -0.2) is 56.9 Å². The van der Waals surface area contributed by atoms with Gasteiger partial charge in [-0.25, -0.2) is 4.79 Å². The molecule has 1 aromatic rings. The SMILES string of the molecule is CO[C@@]12CC[C@@H](O)C[C@@H]1N(C(=O)CCn1c(C)cc(C)nc1=O)CC2. The maximum absolute atomic E-state index is 12.8. The molecule has 0 bridgehead atoms. The summed E-state index contributed by atoms with van der Waals surface area (Å²) in [7, 11) is 1.69. The molecule has 1 N–H and O–H groups in total. The molecule has 2 aliphatic rings. The molecule has 1 aliphatic carbocycles. The molecular weight excluding hydrogens is 322 g/mol. The first kappa shape index (κ1) is 18.1. The molecule has 2 heterocycles. The van der Waals surface area contributed by atoms with E-state index in [1.807, 2.05) is 17.9 Å². The first-order valence-corrected chi connectivity index (χ1v) is 8.94. The smallest absolute Gasteiger partial charge is 0.347 e. The van der Waals surface area contributed by atoms with Gasteiger partial charge in [-0.3, -0.25) is 9.36 Å². The van der Waals surface area contributed by atoms with E-state index in [-0.39, 0.29) is 35.8 Å². The molecule has 1 aliphatic heterocycles. The number of hydrogen-bond acceptors (Lipinski definition) is 5. The fourth-order valence-corrected chi connectivity index (χ4v) is 4.37. The zero-order chi connectivity index (χ0) is 18.2. The van der Waals surface area contributed by atoms with Gasteiger partial charge in [0.15, 0.2) is 0 Å². The van der Waals surface area contributed by atoms with Crippen LogP contribution in [0.15, 0.2) is 10.9 Å². The van der Waals surface area contributed by atoms with Gasteiger partial charge in [0.1, 0.15) is 0 Å². The molecule has 7 nitrogen and oxygen atoms in total. The third kappa shape index (κ3) is 3.35. The standard InChI is InChI=1S/C18H27N3O4/c1-12-10-13(2)20(17(24)19-12)8-5-16(23)21-9-7-18(25-3)6-4-14(22)11-15(18)21/h10,14-15,22H,4-9,11H2,1-3H3/t14-,15+,18-/m1/s1. The Hall–Kier alpha value is -1.73. The van der Waals surface area contributed by atoms with Crippen molar-refractivity contribution >= 4 is 5.91 Å². The third-order valence-electron chi connectivity index (χ3n) is 5.78. The van der Waals surface area contributed by atoms with Gasteiger partial charge in [0.05, 0.1) is 17.7 Å². The van der Waals surface area contributed by atoms with Gasteiger partial charge >= 0.3 is 5.69 Å². The molecule has 1 amide bonds. The summed E-state index contributed by atoms with van der Waals surface area (Å²) >= 11 is 0. The number of aliphatic hydroxyl groups is 1. The Morgan fingerprint density at radius 3 is 2.88 bits per heavy atom. The van der Waals surface area contributed by atoms with Crippen LogP contribution in [0.1, 0.15) is 43.5 Å². The van der Waals surface area contributed by atoms with E-state index in [2.05, 4.69) is 4.98 Å². The lowest BCUT2D eigenvalue weighted by Gasteiger charge is -2.42. The van der Waals surface area contributed by atoms with Crippen molar-refractivity contribution in [3.05, 3.63) is 27.9 Å². The number of fused-ring (bicyclic) bond motifs is 1. The highest BCUT2D eigenvalue weighted by atomic mass is 16.5. The van der Waals surface area contributed by atoms with Crippen LogP contribution >= 0.6 is 0 Å². The average molecular weight is 349 g/mol. The Labute approximate surface area is 147 Å². The number of aromatic nitrogens is 2. The summed E-state index contributed by atoms with van der Waals surface area (Å²) in [6.07, 6.45) is 2.73. The molecule has 0 spiro atoms. The number of rotatable bonds is 4. The molecular formula is C18H27N3O4. The van der Waals surface area contributed by atoms with Crippen LogP contribution in [0.5, 0.6) is 0 Å². The van der Waals surface area contributed by atoms with E-state index >= 15 is 0 Å². The largest absolute Gasteiger partial charge is 0.393 e. The highest BCUT2D eigenvalue weighted by molar-refractivity contribution is 5.77. The molecule has 3 rings (SSSR count). The van der Waals surface area contributed by atoms with Crippen LogP contribution in [-0.2, 0) is 16.1 Å². The van der Waals surface area contributed by atoms with Crippen LogP contribution in [0.25, 0.3) is 0 Å². The molecule has 2 fully saturated rings. The Morgan fingerprint density at radius 2 is 2.20 bits per heavy atom. The summed E-state index contributed by atoms with van der Waals surface area (Å²) in [5, 5.41) is 10.0. The number of methoxy groups -OCH3 is 1. The summed E-state index contributed by atoms with van der Waals surface area (Å²) in [5.41, 5.74) is 0.857. The van der Waals surface area contributed by atoms with Crippen LogP contribution in [0.4, 0.5) is 0 Å². The minimum Gasteiger partial charge on any atom is -0.393 e. The second-order valence-electron chi connectivity index (χ2n) is 7.27. The van der Waals surface area contributed by atoms with Crippen molar-refractivity contribution in [2.45, 2.75) is 70.2 Å². The second-order valence-corrected chi connectivity index (χ2v) is 7.27. The van der Waals surface area contributed by atoms with E-state index in [1.54, 1.807) is 18.6 Å². The van der Waals surface area contributed by atoms with Crippen LogP contribution < -0.4 is 5.69 Å². The third-order valence-corrected chi connectivity index (χ3v) is 5.78. The van der Waals surface area contributed by atoms with Crippen molar-refractivity contribution in [2.75, 3.05) is 13.7 Å². The van der Waals surface area contributed by atoms with E-state index in [0.717, 1.165) is 25.0 Å². The minimum atomic E-state index is -0.382. The van der Waals surface area contributed by atoms with Gasteiger partial charge in [0.2, 0.25) is 5.91 Å². The predicted molar refractivity (Wildman–Crippen MR) is 92.3 cm³/mol. The number of ether oxygens (including phenoxy) is 1. The maximum atomic E-state index is 12.8. The van der Waals surface area contributed by atoms with Gasteiger partial charge in [-0.15, -0.1) is 0 Å². The van der Waals surface area contributed by atoms with Crippen molar-refractivity contribution < 1.29 is 14.6 Å². The predicted octanol–water partition coefficient (Wildman–Crippen LogP) is 0.781. The molecule has 1 aromatic heterocycles. The molecule has 25 heavy (non-hydrogen) atoms. The number of aliphatic hydroxyl groups excluding tert-OH is 1. The van der Waals surface area contributed by atoms with E-state index in [9.17, 15) is 14.7 Å². The van der Waals surface area contributed by atoms with Gasteiger partial charge in [-0.2, -0.15) is 4.98 Å². The van der Waals surface area contributed by atoms with E-state index in [4.69, 9.17) is 4.74 Å². The number of aryl methyl sites for hydroxylation is 2. The number of carbonyl (C=O) groups excluding carboxylic acids is 1. The first-order chi connectivity index (χ1) is 11.9. The zero-order valence-electron chi connectivity index (χ0n) is 15.2. The number of nitrogens with zero attached hydrogens (tertiary/aromatic N) is 3. The number of amides is 1. The van der Waals surface area contributed by atoms with Crippen LogP contribution in [0.3, 0.4) is 0 Å². The normalized spacial score (nSPS) is 28.9. The van der Waals surface area contributed by atoms with Crippen molar-refractivity contribution in [1.82, 2.24) is 14.5 Å². The highest BCUT2D eigenvalue weighted by Crippen LogP contribution is 2.42. The Bertz CT molecular complexity index is 717. The molecule has 138 valence electrons. The number of carbonyl (C=O) groups is 1. The molecule has 3 atom stereocenters. The average Bonchev–Trinajstić information content (AvgIpc) is 2.93. The minimum absolute atomic E-state index is 0.00454. The topological polar surface area (TPSA) is 84.7 Å². The Kier molecular flexibility index (Phi) is 4.97. The Balaban J connectivity index is 1.71. The van der Waals surface area contributed by atoms with Crippen molar-refractivity contribution in [3.8, 4) is 0 Å². The summed E-state index contributed by atoms with van der Waals surface area (Å²) in [6, 6.07) is 1.76. The lowest BCUT2D eigenvalue weighted by Crippen LogP contribution is -2.52. The van der Waals surface area contributed by atoms with Crippen LogP contribution in [0, 0.1) is 13.8 Å². The summed E-state index contributed by atoms with van der Waals surface area (Å²) in [5.74, 6) is 0.00454. The monoisotopic (exact) mass is 349 g/mol. The fraction of sp³-hybridized carbons (Fsp3) is 0.722. The molecule has 7 heteroatoms. The summed E-state index contributed by atoms with van der Waals surface area (Å²) in [4.78, 5) is 30.6. The first-order valence-electron chi connectivity index (χ1n) is 8.94. The maximum Gasteiger partial charge on any atom is 0.347 e. The molecule has 1 saturated carbocycles. The fourth-order valence-electron chi connectivity index (χ4n) is 4.37. The van der Waals surface area contributed by atoms with Gasteiger partial charge in [0, 0.05) is 38.0 Å². The molecule has 0 radical (unpaired) electrons. The quantitative estimate of drug-likeness (QED) is 0.868. The second kappa shape index (κ2) is 6.88. The summed E-state index contributed by atoms with van der Waals surface area (Å²) < 4.78 is 7.32. The molecule has 0 aromatic carbocycles. The van der Waals surface area contributed by atoms with Crippen molar-refractivity contribution in [2.24, 2.45) is 0 Å². The molecule has 0 unspecified atom stereocenters.